The molecule has 118 valence electrons. The minimum atomic E-state index is -0.0776. The van der Waals surface area contributed by atoms with Crippen LogP contribution in [0.5, 0.6) is 0 Å². The summed E-state index contributed by atoms with van der Waals surface area (Å²) in [6.45, 7) is 2.46. The van der Waals surface area contributed by atoms with Crippen LogP contribution in [0.15, 0.2) is 0 Å². The van der Waals surface area contributed by atoms with Gasteiger partial charge in [0.2, 0.25) is 5.91 Å². The minimum Gasteiger partial charge on any atom is -0.273 e. The summed E-state index contributed by atoms with van der Waals surface area (Å²) in [6.07, 6.45) is 21.8. The van der Waals surface area contributed by atoms with Crippen LogP contribution in [0.2, 0.25) is 0 Å². The second-order valence-corrected chi connectivity index (χ2v) is 5.19. The summed E-state index contributed by atoms with van der Waals surface area (Å²) in [6, 6.07) is 0. The number of amides is 1. The molecule has 0 aromatic rings. The van der Waals surface area contributed by atoms with Crippen molar-refractivity contribution in [1.82, 2.24) is 5.06 Å². The van der Waals surface area contributed by atoms with Crippen LogP contribution < -0.4 is 0 Å². The summed E-state index contributed by atoms with van der Waals surface area (Å²) in [5.41, 5.74) is 0. The van der Waals surface area contributed by atoms with Gasteiger partial charge in [0.15, 0.2) is 0 Å². The van der Waals surface area contributed by atoms with E-state index < -0.39 is 0 Å². The maximum atomic E-state index is 11.9. The number of terminal acetylenes is 2. The lowest BCUT2D eigenvalue weighted by Crippen LogP contribution is -2.31. The second kappa shape index (κ2) is 14.9. The fraction of sp³-hybridized carbons (Fsp3) is 0.722. The van der Waals surface area contributed by atoms with Gasteiger partial charge in [-0.2, -0.15) is 0 Å². The first-order valence-electron chi connectivity index (χ1n) is 8.06. The molecular formula is C18H29NO2. The Bertz CT molecular complexity index is 338. The Balaban J connectivity index is 3.58. The predicted molar refractivity (Wildman–Crippen MR) is 87.2 cm³/mol. The number of nitrogens with zero attached hydrogens (tertiary/aromatic N) is 1. The van der Waals surface area contributed by atoms with Gasteiger partial charge in [-0.05, 0) is 6.42 Å². The number of hydrogen-bond donors (Lipinski definition) is 0. The molecule has 0 aromatic carbocycles. The van der Waals surface area contributed by atoms with E-state index in [1.807, 2.05) is 0 Å². The summed E-state index contributed by atoms with van der Waals surface area (Å²) in [5, 5.41) is 1.20. The standard InChI is InChI=1S/C18H29NO2/c1-4-7-8-9-10-11-12-13-14-15-18(20)19(16-5-2)21-17-6-3/h2-3H,4,7-17H2,1H3. The van der Waals surface area contributed by atoms with Gasteiger partial charge in [0.05, 0.1) is 0 Å². The van der Waals surface area contributed by atoms with Gasteiger partial charge in [0.1, 0.15) is 13.2 Å². The monoisotopic (exact) mass is 291 g/mol. The first-order valence-corrected chi connectivity index (χ1v) is 8.06. The molecule has 0 atom stereocenters. The van der Waals surface area contributed by atoms with Crippen molar-refractivity contribution in [2.45, 2.75) is 71.1 Å². The smallest absolute Gasteiger partial charge is 0.247 e. The zero-order chi connectivity index (χ0) is 15.8. The van der Waals surface area contributed by atoms with E-state index in [0.717, 1.165) is 12.8 Å². The SMILES string of the molecule is C#CCON(CC#C)C(=O)CCCCCCCCCCC. The molecule has 0 heterocycles. The van der Waals surface area contributed by atoms with E-state index in [4.69, 9.17) is 17.7 Å². The van der Waals surface area contributed by atoms with Gasteiger partial charge in [-0.25, -0.2) is 5.06 Å². The van der Waals surface area contributed by atoms with Gasteiger partial charge < -0.3 is 0 Å². The third-order valence-electron chi connectivity index (χ3n) is 3.31. The normalized spacial score (nSPS) is 9.86. The van der Waals surface area contributed by atoms with Gasteiger partial charge in [-0.1, -0.05) is 70.1 Å². The summed E-state index contributed by atoms with van der Waals surface area (Å²) < 4.78 is 0. The van der Waals surface area contributed by atoms with Crippen LogP contribution in [0.4, 0.5) is 0 Å². The van der Waals surface area contributed by atoms with Crippen molar-refractivity contribution in [3.05, 3.63) is 0 Å². The maximum Gasteiger partial charge on any atom is 0.247 e. The summed E-state index contributed by atoms with van der Waals surface area (Å²) in [4.78, 5) is 17.0. The molecule has 0 unspecified atom stereocenters. The Morgan fingerprint density at radius 2 is 1.52 bits per heavy atom. The molecule has 0 aliphatic heterocycles. The van der Waals surface area contributed by atoms with Crippen molar-refractivity contribution in [3.63, 3.8) is 0 Å². The molecule has 0 aliphatic rings. The maximum absolute atomic E-state index is 11.9. The van der Waals surface area contributed by atoms with Crippen LogP contribution in [-0.4, -0.2) is 24.1 Å². The van der Waals surface area contributed by atoms with Crippen LogP contribution >= 0.6 is 0 Å². The van der Waals surface area contributed by atoms with Crippen LogP contribution in [0.25, 0.3) is 0 Å². The lowest BCUT2D eigenvalue weighted by molar-refractivity contribution is -0.177. The molecule has 0 aliphatic carbocycles. The molecule has 1 amide bonds. The van der Waals surface area contributed by atoms with E-state index in [1.54, 1.807) is 0 Å². The average Bonchev–Trinajstić information content (AvgIpc) is 2.49. The van der Waals surface area contributed by atoms with Gasteiger partial charge >= 0.3 is 0 Å². The highest BCUT2D eigenvalue weighted by Gasteiger charge is 2.12. The zero-order valence-corrected chi connectivity index (χ0v) is 13.4. The lowest BCUT2D eigenvalue weighted by Gasteiger charge is -2.18. The molecule has 0 aromatic heterocycles. The highest BCUT2D eigenvalue weighted by molar-refractivity contribution is 5.75. The Morgan fingerprint density at radius 3 is 2.05 bits per heavy atom. The Hall–Kier alpha value is -1.45. The predicted octanol–water partition coefficient (Wildman–Crippen LogP) is 3.93. The number of carbonyl (C=O) groups is 1. The average molecular weight is 291 g/mol. The van der Waals surface area contributed by atoms with E-state index >= 15 is 0 Å². The quantitative estimate of drug-likeness (QED) is 0.292. The zero-order valence-electron chi connectivity index (χ0n) is 13.4. The van der Waals surface area contributed by atoms with Crippen LogP contribution in [0.3, 0.4) is 0 Å². The molecule has 0 spiro atoms. The van der Waals surface area contributed by atoms with Crippen molar-refractivity contribution < 1.29 is 9.63 Å². The van der Waals surface area contributed by atoms with E-state index in [9.17, 15) is 4.79 Å². The molecule has 0 bridgehead atoms. The fourth-order valence-corrected chi connectivity index (χ4v) is 2.12. The molecule has 21 heavy (non-hydrogen) atoms. The third-order valence-corrected chi connectivity index (χ3v) is 3.31. The Labute approximate surface area is 130 Å². The minimum absolute atomic E-state index is 0.0746. The Morgan fingerprint density at radius 1 is 0.952 bits per heavy atom. The molecule has 0 fully saturated rings. The van der Waals surface area contributed by atoms with Gasteiger partial charge in [0, 0.05) is 6.42 Å². The van der Waals surface area contributed by atoms with Crippen LogP contribution in [-0.2, 0) is 9.63 Å². The second-order valence-electron chi connectivity index (χ2n) is 5.19. The summed E-state index contributed by atoms with van der Waals surface area (Å²) in [5.74, 6) is 4.66. The summed E-state index contributed by atoms with van der Waals surface area (Å²) in [7, 11) is 0. The Kier molecular flexibility index (Phi) is 13.9. The highest BCUT2D eigenvalue weighted by atomic mass is 16.7. The molecule has 0 rings (SSSR count). The first-order chi connectivity index (χ1) is 10.3. The molecule has 0 saturated heterocycles. The van der Waals surface area contributed by atoms with E-state index in [-0.39, 0.29) is 19.1 Å². The molecule has 0 radical (unpaired) electrons. The van der Waals surface area contributed by atoms with Crippen molar-refractivity contribution in [2.24, 2.45) is 0 Å². The summed E-state index contributed by atoms with van der Waals surface area (Å²) >= 11 is 0. The first kappa shape index (κ1) is 19.6. The van der Waals surface area contributed by atoms with E-state index in [1.165, 1.54) is 50.0 Å². The van der Waals surface area contributed by atoms with Crippen molar-refractivity contribution in [3.8, 4) is 24.7 Å². The molecule has 0 saturated carbocycles. The molecule has 3 heteroatoms. The van der Waals surface area contributed by atoms with Crippen molar-refractivity contribution in [1.29, 1.82) is 0 Å². The van der Waals surface area contributed by atoms with Crippen LogP contribution in [0, 0.1) is 24.7 Å². The molecular weight excluding hydrogens is 262 g/mol. The number of hydroxylamine groups is 2. The largest absolute Gasteiger partial charge is 0.273 e. The van der Waals surface area contributed by atoms with Gasteiger partial charge in [-0.15, -0.1) is 12.8 Å². The third kappa shape index (κ3) is 12.0. The molecule has 0 N–H and O–H groups in total. The van der Waals surface area contributed by atoms with Crippen LogP contribution in [0.1, 0.15) is 71.1 Å². The van der Waals surface area contributed by atoms with Gasteiger partial charge in [0.25, 0.3) is 0 Å². The fourth-order valence-electron chi connectivity index (χ4n) is 2.12. The van der Waals surface area contributed by atoms with E-state index in [2.05, 4.69) is 18.8 Å². The number of carbonyl (C=O) groups excluding carboxylic acids is 1. The topological polar surface area (TPSA) is 29.5 Å². The number of rotatable bonds is 13. The van der Waals surface area contributed by atoms with Gasteiger partial charge in [-0.3, -0.25) is 9.63 Å². The van der Waals surface area contributed by atoms with Crippen molar-refractivity contribution >= 4 is 5.91 Å². The number of hydrogen-bond acceptors (Lipinski definition) is 2. The number of unbranched alkanes of at least 4 members (excludes halogenated alkanes) is 8. The van der Waals surface area contributed by atoms with E-state index in [0.29, 0.717) is 6.42 Å². The van der Waals surface area contributed by atoms with Crippen molar-refractivity contribution in [2.75, 3.05) is 13.2 Å². The highest BCUT2D eigenvalue weighted by Crippen LogP contribution is 2.11. The lowest BCUT2D eigenvalue weighted by atomic mass is 10.1. The molecule has 3 nitrogen and oxygen atoms in total.